The average molecular weight is 461 g/mol. The quantitative estimate of drug-likeness (QED) is 0.688. The normalized spacial score (nSPS) is 24.6. The van der Waals surface area contributed by atoms with Gasteiger partial charge in [0.15, 0.2) is 0 Å². The van der Waals surface area contributed by atoms with Crippen LogP contribution in [0.3, 0.4) is 0 Å². The van der Waals surface area contributed by atoms with Gasteiger partial charge in [-0.1, -0.05) is 48.5 Å². The van der Waals surface area contributed by atoms with E-state index in [0.29, 0.717) is 13.1 Å². The third kappa shape index (κ3) is 4.59. The summed E-state index contributed by atoms with van der Waals surface area (Å²) in [5.41, 5.74) is 3.61. The zero-order chi connectivity index (χ0) is 23.5. The number of amides is 1. The third-order valence-electron chi connectivity index (χ3n) is 7.05. The molecule has 3 heterocycles. The zero-order valence-electron chi connectivity index (χ0n) is 19.5. The van der Waals surface area contributed by atoms with E-state index < -0.39 is 6.61 Å². The minimum atomic E-state index is -0.417. The van der Waals surface area contributed by atoms with Gasteiger partial charge < -0.3 is 19.6 Å². The molecule has 3 unspecified atom stereocenters. The highest BCUT2D eigenvalue weighted by Crippen LogP contribution is 2.36. The van der Waals surface area contributed by atoms with Gasteiger partial charge in [-0.05, 0) is 34.9 Å². The maximum Gasteiger partial charge on any atom is 0.248 e. The minimum Gasteiger partial charge on any atom is -0.497 e. The Morgan fingerprint density at radius 3 is 2.62 bits per heavy atom. The number of carbonyl (C=O) groups excluding carboxylic acids is 1. The lowest BCUT2D eigenvalue weighted by atomic mass is 9.98. The van der Waals surface area contributed by atoms with E-state index in [4.69, 9.17) is 4.74 Å². The molecule has 2 aromatic rings. The third-order valence-corrected chi connectivity index (χ3v) is 7.05. The number of hydrogen-bond acceptors (Lipinski definition) is 6. The molecule has 2 fully saturated rings. The molecule has 0 spiro atoms. The highest BCUT2D eigenvalue weighted by Gasteiger charge is 2.41. The van der Waals surface area contributed by atoms with Gasteiger partial charge in [0.25, 0.3) is 0 Å². The second kappa shape index (κ2) is 10.0. The van der Waals surface area contributed by atoms with Gasteiger partial charge in [-0.2, -0.15) is 0 Å². The van der Waals surface area contributed by atoms with Gasteiger partial charge in [0.1, 0.15) is 12.4 Å². The summed E-state index contributed by atoms with van der Waals surface area (Å²) in [6.45, 7) is 3.36. The van der Waals surface area contributed by atoms with Gasteiger partial charge in [-0.25, -0.2) is 0 Å². The first-order chi connectivity index (χ1) is 16.7. The summed E-state index contributed by atoms with van der Waals surface area (Å²) in [6.07, 6.45) is 6.84. The minimum absolute atomic E-state index is 0.117. The van der Waals surface area contributed by atoms with Crippen LogP contribution in [-0.4, -0.2) is 84.4 Å². The molecule has 5 rings (SSSR count). The highest BCUT2D eigenvalue weighted by atomic mass is 16.5. The van der Waals surface area contributed by atoms with E-state index in [1.165, 1.54) is 16.7 Å². The van der Waals surface area contributed by atoms with E-state index in [2.05, 4.69) is 69.9 Å². The van der Waals surface area contributed by atoms with Crippen molar-refractivity contribution in [2.75, 3.05) is 46.4 Å². The molecule has 0 saturated carbocycles. The number of nitrogens with one attached hydrogen (secondary N) is 1. The van der Waals surface area contributed by atoms with Crippen molar-refractivity contribution in [3.05, 3.63) is 84.1 Å². The first kappa shape index (κ1) is 22.7. The van der Waals surface area contributed by atoms with Gasteiger partial charge >= 0.3 is 0 Å². The summed E-state index contributed by atoms with van der Waals surface area (Å²) < 4.78 is 5.50. The number of methoxy groups -OCH3 is 1. The van der Waals surface area contributed by atoms with Crippen LogP contribution >= 0.6 is 0 Å². The molecule has 2 aromatic carbocycles. The molecule has 0 aliphatic carbocycles. The number of aliphatic hydroxyl groups excluding tert-OH is 1. The van der Waals surface area contributed by atoms with Crippen molar-refractivity contribution in [2.45, 2.75) is 18.2 Å². The second-order valence-electron chi connectivity index (χ2n) is 9.03. The van der Waals surface area contributed by atoms with Crippen molar-refractivity contribution in [1.29, 1.82) is 0 Å². The molecule has 34 heavy (non-hydrogen) atoms. The number of nitrogens with zero attached hydrogens (tertiary/aromatic N) is 3. The number of fused-ring (bicyclic) bond motifs is 1. The summed E-state index contributed by atoms with van der Waals surface area (Å²) in [6, 6.07) is 19.1. The number of aliphatic hydroxyl groups is 1. The summed E-state index contributed by atoms with van der Waals surface area (Å²) in [7, 11) is 1.70. The first-order valence-corrected chi connectivity index (χ1v) is 11.9. The molecule has 0 radical (unpaired) electrons. The molecule has 3 aliphatic rings. The van der Waals surface area contributed by atoms with Crippen molar-refractivity contribution >= 4 is 11.5 Å². The van der Waals surface area contributed by atoms with Crippen molar-refractivity contribution < 1.29 is 14.6 Å². The fourth-order valence-electron chi connectivity index (χ4n) is 5.19. The molecular weight excluding hydrogens is 428 g/mol. The van der Waals surface area contributed by atoms with Crippen molar-refractivity contribution in [3.63, 3.8) is 0 Å². The molecule has 2 saturated heterocycles. The van der Waals surface area contributed by atoms with Crippen molar-refractivity contribution in [2.24, 2.45) is 0 Å². The maximum absolute atomic E-state index is 11.9. The standard InChI is InChI=1S/C27H32N4O3/c1-34-23-9-5-8-21(16-23)27-24(18-29-12-14-30(15-13-29)26(33)19-32)31-17-22(10-11-25(31)28-27)20-6-3-2-4-7-20/h2-11,16-17,24-25,27-28,32H,12-15,18-19H2,1H3. The van der Waals surface area contributed by atoms with Crippen LogP contribution in [0.4, 0.5) is 0 Å². The van der Waals surface area contributed by atoms with E-state index in [0.717, 1.165) is 25.4 Å². The van der Waals surface area contributed by atoms with Gasteiger partial charge in [0.05, 0.1) is 25.4 Å². The van der Waals surface area contributed by atoms with E-state index in [1.807, 2.05) is 18.2 Å². The molecule has 0 aromatic heterocycles. The van der Waals surface area contributed by atoms with Crippen LogP contribution in [0.5, 0.6) is 5.75 Å². The molecule has 1 amide bonds. The van der Waals surface area contributed by atoms with Crippen LogP contribution < -0.4 is 10.1 Å². The lowest BCUT2D eigenvalue weighted by molar-refractivity contribution is -0.136. The monoisotopic (exact) mass is 460 g/mol. The molecule has 0 bridgehead atoms. The number of rotatable bonds is 6. The van der Waals surface area contributed by atoms with E-state index in [1.54, 1.807) is 12.0 Å². The Bertz CT molecular complexity index is 1060. The fourth-order valence-corrected chi connectivity index (χ4v) is 5.19. The molecular formula is C27H32N4O3. The fraction of sp³-hybridized carbons (Fsp3) is 0.370. The Morgan fingerprint density at radius 2 is 1.88 bits per heavy atom. The van der Waals surface area contributed by atoms with Crippen LogP contribution in [0.2, 0.25) is 0 Å². The second-order valence-corrected chi connectivity index (χ2v) is 9.03. The molecule has 7 heteroatoms. The Kier molecular flexibility index (Phi) is 6.67. The van der Waals surface area contributed by atoms with Crippen LogP contribution in [0.15, 0.2) is 72.9 Å². The number of ether oxygens (including phenoxy) is 1. The highest BCUT2D eigenvalue weighted by molar-refractivity contribution is 5.77. The summed E-state index contributed by atoms with van der Waals surface area (Å²) in [5, 5.41) is 13.0. The predicted octanol–water partition coefficient (Wildman–Crippen LogP) is 2.08. The molecule has 3 atom stereocenters. The lowest BCUT2D eigenvalue weighted by Crippen LogP contribution is -2.52. The number of piperazine rings is 1. The number of allylic oxidation sites excluding steroid dienone is 2. The number of carbonyl (C=O) groups is 1. The molecule has 178 valence electrons. The number of hydrogen-bond donors (Lipinski definition) is 2. The maximum atomic E-state index is 11.9. The lowest BCUT2D eigenvalue weighted by Gasteiger charge is -2.39. The summed E-state index contributed by atoms with van der Waals surface area (Å²) >= 11 is 0. The van der Waals surface area contributed by atoms with Gasteiger partial charge in [-0.15, -0.1) is 0 Å². The van der Waals surface area contributed by atoms with Gasteiger partial charge in [0.2, 0.25) is 5.91 Å². The zero-order valence-corrected chi connectivity index (χ0v) is 19.5. The Labute approximate surface area is 200 Å². The van der Waals surface area contributed by atoms with Crippen LogP contribution in [0, 0.1) is 0 Å². The average Bonchev–Trinajstić information content (AvgIpc) is 3.26. The van der Waals surface area contributed by atoms with E-state index >= 15 is 0 Å². The smallest absolute Gasteiger partial charge is 0.248 e. The largest absolute Gasteiger partial charge is 0.497 e. The van der Waals surface area contributed by atoms with Crippen molar-refractivity contribution in [3.8, 4) is 5.75 Å². The summed E-state index contributed by atoms with van der Waals surface area (Å²) in [5.74, 6) is 0.670. The first-order valence-electron chi connectivity index (χ1n) is 11.9. The van der Waals surface area contributed by atoms with Crippen LogP contribution in [0.1, 0.15) is 17.2 Å². The Balaban J connectivity index is 1.41. The van der Waals surface area contributed by atoms with Gasteiger partial charge in [-0.3, -0.25) is 15.0 Å². The Morgan fingerprint density at radius 1 is 1.09 bits per heavy atom. The van der Waals surface area contributed by atoms with E-state index in [9.17, 15) is 9.90 Å². The molecule has 7 nitrogen and oxygen atoms in total. The van der Waals surface area contributed by atoms with Gasteiger partial charge in [0, 0.05) is 38.9 Å². The SMILES string of the molecule is COc1cccc(C2NC3C=CC(c4ccccc4)=CN3C2CN2CCN(C(=O)CO)CC2)c1. The molecule has 3 aliphatic heterocycles. The van der Waals surface area contributed by atoms with E-state index in [-0.39, 0.29) is 24.2 Å². The van der Waals surface area contributed by atoms with Crippen molar-refractivity contribution in [1.82, 2.24) is 20.0 Å². The van der Waals surface area contributed by atoms with Crippen LogP contribution in [-0.2, 0) is 4.79 Å². The topological polar surface area (TPSA) is 68.3 Å². The molecule has 2 N–H and O–H groups in total. The summed E-state index contributed by atoms with van der Waals surface area (Å²) in [4.78, 5) is 18.5. The Hall–Kier alpha value is -3.13. The predicted molar refractivity (Wildman–Crippen MR) is 132 cm³/mol. The van der Waals surface area contributed by atoms with Crippen LogP contribution in [0.25, 0.3) is 5.57 Å². The number of benzene rings is 2.